The van der Waals surface area contributed by atoms with Crippen LogP contribution in [-0.2, 0) is 9.47 Å². The maximum Gasteiger partial charge on any atom is 0.215 e. The van der Waals surface area contributed by atoms with Gasteiger partial charge in [0.05, 0.1) is 6.61 Å². The Morgan fingerprint density at radius 1 is 1.39 bits per heavy atom. The standard InChI is InChI=1S/C12H15ClINO3/c13-10-7-9(14)8-11(15-10)16-5-6-18-12-3-1-2-4-17-12/h7-8,12H,1-6H2/t12-/m0/s1. The van der Waals surface area contributed by atoms with Crippen molar-refractivity contribution < 1.29 is 14.2 Å². The highest BCUT2D eigenvalue weighted by Crippen LogP contribution is 2.18. The van der Waals surface area contributed by atoms with Crippen LogP contribution in [0.5, 0.6) is 5.88 Å². The molecule has 18 heavy (non-hydrogen) atoms. The molecule has 1 fully saturated rings. The summed E-state index contributed by atoms with van der Waals surface area (Å²) < 4.78 is 17.5. The molecular formula is C12H15ClINO3. The van der Waals surface area contributed by atoms with Crippen LogP contribution in [0.3, 0.4) is 0 Å². The van der Waals surface area contributed by atoms with E-state index >= 15 is 0 Å². The van der Waals surface area contributed by atoms with E-state index in [0.29, 0.717) is 24.2 Å². The average molecular weight is 384 g/mol. The van der Waals surface area contributed by atoms with Gasteiger partial charge in [-0.1, -0.05) is 11.6 Å². The molecule has 6 heteroatoms. The molecule has 0 amide bonds. The lowest BCUT2D eigenvalue weighted by Gasteiger charge is -2.22. The SMILES string of the molecule is Clc1cc(I)cc(OCCO[C@H]2CCCCO2)n1. The number of rotatable bonds is 5. The van der Waals surface area contributed by atoms with Crippen molar-refractivity contribution in [2.45, 2.75) is 25.6 Å². The van der Waals surface area contributed by atoms with Gasteiger partial charge in [-0.2, -0.15) is 0 Å². The lowest BCUT2D eigenvalue weighted by Crippen LogP contribution is -2.24. The Hall–Kier alpha value is -0.110. The molecule has 1 aliphatic rings. The van der Waals surface area contributed by atoms with Crippen molar-refractivity contribution in [3.63, 3.8) is 0 Å². The van der Waals surface area contributed by atoms with Gasteiger partial charge in [-0.3, -0.25) is 0 Å². The van der Waals surface area contributed by atoms with Gasteiger partial charge in [-0.05, 0) is 47.9 Å². The van der Waals surface area contributed by atoms with Gasteiger partial charge in [0.1, 0.15) is 11.8 Å². The molecule has 0 spiro atoms. The molecule has 1 aromatic rings. The molecule has 100 valence electrons. The Kier molecular flexibility index (Phi) is 5.94. The van der Waals surface area contributed by atoms with Crippen molar-refractivity contribution in [3.8, 4) is 5.88 Å². The average Bonchev–Trinajstić information content (AvgIpc) is 2.35. The van der Waals surface area contributed by atoms with Crippen LogP contribution >= 0.6 is 34.2 Å². The maximum atomic E-state index is 5.84. The summed E-state index contributed by atoms with van der Waals surface area (Å²) in [6.45, 7) is 1.73. The van der Waals surface area contributed by atoms with Gasteiger partial charge in [-0.15, -0.1) is 0 Å². The van der Waals surface area contributed by atoms with Crippen molar-refractivity contribution >= 4 is 34.2 Å². The zero-order chi connectivity index (χ0) is 12.8. The van der Waals surface area contributed by atoms with Gasteiger partial charge in [0.2, 0.25) is 5.88 Å². The minimum atomic E-state index is -0.0743. The summed E-state index contributed by atoms with van der Waals surface area (Å²) in [5.74, 6) is 0.528. The van der Waals surface area contributed by atoms with E-state index in [1.54, 1.807) is 6.07 Å². The number of hydrogen-bond acceptors (Lipinski definition) is 4. The van der Waals surface area contributed by atoms with Crippen LogP contribution < -0.4 is 4.74 Å². The van der Waals surface area contributed by atoms with Crippen LogP contribution in [0.4, 0.5) is 0 Å². The van der Waals surface area contributed by atoms with E-state index in [2.05, 4.69) is 27.6 Å². The molecule has 0 bridgehead atoms. The molecule has 1 atom stereocenters. The smallest absolute Gasteiger partial charge is 0.215 e. The number of aromatic nitrogens is 1. The van der Waals surface area contributed by atoms with Gasteiger partial charge < -0.3 is 14.2 Å². The molecular weight excluding hydrogens is 368 g/mol. The molecule has 2 heterocycles. The molecule has 0 unspecified atom stereocenters. The predicted octanol–water partition coefficient (Wildman–Crippen LogP) is 3.26. The fourth-order valence-corrected chi connectivity index (χ4v) is 2.63. The van der Waals surface area contributed by atoms with E-state index in [0.717, 1.165) is 23.0 Å². The normalized spacial score (nSPS) is 19.8. The molecule has 1 aromatic heterocycles. The van der Waals surface area contributed by atoms with E-state index in [1.807, 2.05) is 6.07 Å². The molecule has 0 saturated carbocycles. The first kappa shape index (κ1) is 14.3. The van der Waals surface area contributed by atoms with Crippen LogP contribution in [0.25, 0.3) is 0 Å². The van der Waals surface area contributed by atoms with E-state index in [9.17, 15) is 0 Å². The second kappa shape index (κ2) is 7.47. The van der Waals surface area contributed by atoms with E-state index in [1.165, 1.54) is 6.42 Å². The molecule has 0 radical (unpaired) electrons. The van der Waals surface area contributed by atoms with Crippen LogP contribution in [0.1, 0.15) is 19.3 Å². The largest absolute Gasteiger partial charge is 0.475 e. The third kappa shape index (κ3) is 4.87. The van der Waals surface area contributed by atoms with Gasteiger partial charge in [0.15, 0.2) is 6.29 Å². The van der Waals surface area contributed by atoms with Crippen molar-refractivity contribution in [1.82, 2.24) is 4.98 Å². The summed E-state index contributed by atoms with van der Waals surface area (Å²) in [6.07, 6.45) is 3.18. The highest BCUT2D eigenvalue weighted by molar-refractivity contribution is 14.1. The van der Waals surface area contributed by atoms with Crippen LogP contribution in [0.2, 0.25) is 5.15 Å². The molecule has 0 N–H and O–H groups in total. The first-order chi connectivity index (χ1) is 8.74. The Labute approximate surface area is 125 Å². The zero-order valence-electron chi connectivity index (χ0n) is 9.90. The fourth-order valence-electron chi connectivity index (χ4n) is 1.69. The summed E-state index contributed by atoms with van der Waals surface area (Å²) in [4.78, 5) is 4.07. The van der Waals surface area contributed by atoms with Gasteiger partial charge in [-0.25, -0.2) is 4.98 Å². The summed E-state index contributed by atoms with van der Waals surface area (Å²) in [5.41, 5.74) is 0. The highest BCUT2D eigenvalue weighted by Gasteiger charge is 2.13. The van der Waals surface area contributed by atoms with E-state index in [4.69, 9.17) is 25.8 Å². The Morgan fingerprint density at radius 3 is 3.00 bits per heavy atom. The number of ether oxygens (including phenoxy) is 3. The zero-order valence-corrected chi connectivity index (χ0v) is 12.8. The van der Waals surface area contributed by atoms with Gasteiger partial charge >= 0.3 is 0 Å². The second-order valence-corrected chi connectivity index (χ2v) is 5.59. The third-order valence-electron chi connectivity index (χ3n) is 2.51. The maximum absolute atomic E-state index is 5.84. The number of hydrogen-bond donors (Lipinski definition) is 0. The minimum absolute atomic E-state index is 0.0743. The van der Waals surface area contributed by atoms with Crippen molar-refractivity contribution in [3.05, 3.63) is 20.9 Å². The first-order valence-corrected chi connectivity index (χ1v) is 7.39. The topological polar surface area (TPSA) is 40.6 Å². The number of pyridine rings is 1. The highest BCUT2D eigenvalue weighted by atomic mass is 127. The summed E-state index contributed by atoms with van der Waals surface area (Å²) in [6, 6.07) is 3.62. The van der Waals surface area contributed by atoms with Crippen molar-refractivity contribution in [2.75, 3.05) is 19.8 Å². The van der Waals surface area contributed by atoms with Crippen molar-refractivity contribution in [2.24, 2.45) is 0 Å². The number of halogens is 2. The Bertz CT molecular complexity index is 365. The molecule has 1 saturated heterocycles. The second-order valence-electron chi connectivity index (χ2n) is 3.96. The molecule has 0 aromatic carbocycles. The molecule has 4 nitrogen and oxygen atoms in total. The molecule has 2 rings (SSSR count). The monoisotopic (exact) mass is 383 g/mol. The lowest BCUT2D eigenvalue weighted by molar-refractivity contribution is -0.165. The fraction of sp³-hybridized carbons (Fsp3) is 0.583. The minimum Gasteiger partial charge on any atom is -0.475 e. The molecule has 0 aliphatic carbocycles. The van der Waals surface area contributed by atoms with Crippen molar-refractivity contribution in [1.29, 1.82) is 0 Å². The summed E-state index contributed by atoms with van der Waals surface area (Å²) >= 11 is 8.01. The van der Waals surface area contributed by atoms with E-state index < -0.39 is 0 Å². The lowest BCUT2D eigenvalue weighted by atomic mass is 10.2. The Balaban J connectivity index is 1.68. The number of nitrogens with zero attached hydrogens (tertiary/aromatic N) is 1. The quantitative estimate of drug-likeness (QED) is 0.445. The molecule has 1 aliphatic heterocycles. The third-order valence-corrected chi connectivity index (χ3v) is 3.33. The Morgan fingerprint density at radius 2 is 2.28 bits per heavy atom. The van der Waals surface area contributed by atoms with Gasteiger partial charge in [0.25, 0.3) is 0 Å². The van der Waals surface area contributed by atoms with E-state index in [-0.39, 0.29) is 6.29 Å². The van der Waals surface area contributed by atoms with Crippen LogP contribution in [-0.4, -0.2) is 31.1 Å². The summed E-state index contributed by atoms with van der Waals surface area (Å²) in [7, 11) is 0. The predicted molar refractivity (Wildman–Crippen MR) is 77.0 cm³/mol. The first-order valence-electron chi connectivity index (χ1n) is 5.93. The van der Waals surface area contributed by atoms with Crippen LogP contribution in [0.15, 0.2) is 12.1 Å². The summed E-state index contributed by atoms with van der Waals surface area (Å²) in [5, 5.41) is 0.438. The van der Waals surface area contributed by atoms with Gasteiger partial charge in [0, 0.05) is 16.2 Å². The van der Waals surface area contributed by atoms with Crippen LogP contribution in [0, 0.1) is 3.57 Å².